The number of aromatic nitrogens is 4. The number of nitrogens with one attached hydrogen (secondary N) is 4. The molecule has 4 aromatic heterocycles. The van der Waals surface area contributed by atoms with Crippen molar-refractivity contribution in [2.24, 2.45) is 0 Å². The van der Waals surface area contributed by atoms with Gasteiger partial charge in [0.2, 0.25) is 0 Å². The fraction of sp³-hybridized carbons (Fsp3) is 0.0938. The van der Waals surface area contributed by atoms with Gasteiger partial charge in [0.25, 0.3) is 5.91 Å². The van der Waals surface area contributed by atoms with Gasteiger partial charge in [-0.05, 0) is 54.1 Å². The molecule has 44 heavy (non-hydrogen) atoms. The van der Waals surface area contributed by atoms with Crippen LogP contribution in [-0.2, 0) is 16.0 Å². The lowest BCUT2D eigenvalue weighted by Crippen LogP contribution is -2.12. The van der Waals surface area contributed by atoms with Crippen LogP contribution in [0.15, 0.2) is 91.3 Å². The Kier molecular flexibility index (Phi) is 8.80. The Labute approximate surface area is 251 Å². The summed E-state index contributed by atoms with van der Waals surface area (Å²) in [4.78, 5) is 49.4. The Balaban J connectivity index is 0.000000229. The van der Waals surface area contributed by atoms with Crippen molar-refractivity contribution >= 4 is 57.0 Å². The van der Waals surface area contributed by atoms with E-state index in [4.69, 9.17) is 10.5 Å². The zero-order valence-electron chi connectivity index (χ0n) is 23.9. The van der Waals surface area contributed by atoms with Gasteiger partial charge in [0.05, 0.1) is 38.0 Å². The molecule has 0 saturated carbocycles. The van der Waals surface area contributed by atoms with E-state index in [1.807, 2.05) is 54.6 Å². The van der Waals surface area contributed by atoms with Crippen LogP contribution in [0.5, 0.6) is 0 Å². The highest BCUT2D eigenvalue weighted by atomic mass is 16.5. The smallest absolute Gasteiger partial charge is 0.354 e. The predicted octanol–water partition coefficient (Wildman–Crippen LogP) is 5.15. The minimum absolute atomic E-state index is 0.159. The topological polar surface area (TPSA) is 177 Å². The molecule has 2 aromatic carbocycles. The summed E-state index contributed by atoms with van der Waals surface area (Å²) in [5, 5.41) is 7.78. The molecule has 4 heterocycles. The Hall–Kier alpha value is -6.17. The van der Waals surface area contributed by atoms with Crippen LogP contribution in [0.2, 0.25) is 0 Å². The lowest BCUT2D eigenvalue weighted by molar-refractivity contribution is 0.0586. The third kappa shape index (κ3) is 6.99. The maximum absolute atomic E-state index is 12.5. The fourth-order valence-electron chi connectivity index (χ4n) is 4.34. The molecule has 0 radical (unpaired) electrons. The second-order valence-corrected chi connectivity index (χ2v) is 9.59. The van der Waals surface area contributed by atoms with E-state index in [1.165, 1.54) is 20.4 Å². The Bertz CT molecular complexity index is 1950. The number of benzene rings is 2. The van der Waals surface area contributed by atoms with Crippen LogP contribution in [0.1, 0.15) is 36.9 Å². The second kappa shape index (κ2) is 13.2. The van der Waals surface area contributed by atoms with Crippen LogP contribution in [0.4, 0.5) is 17.1 Å². The van der Waals surface area contributed by atoms with Crippen molar-refractivity contribution in [3.05, 3.63) is 114 Å². The van der Waals surface area contributed by atoms with E-state index in [-0.39, 0.29) is 5.91 Å². The zero-order valence-corrected chi connectivity index (χ0v) is 23.9. The van der Waals surface area contributed by atoms with Gasteiger partial charge in [0, 0.05) is 28.6 Å². The van der Waals surface area contributed by atoms with Gasteiger partial charge in [0.15, 0.2) is 0 Å². The molecule has 0 spiro atoms. The number of pyridine rings is 2. The van der Waals surface area contributed by atoms with Crippen LogP contribution in [-0.4, -0.2) is 52.0 Å². The van der Waals surface area contributed by atoms with Crippen molar-refractivity contribution in [2.75, 3.05) is 30.6 Å². The van der Waals surface area contributed by atoms with E-state index in [9.17, 15) is 14.4 Å². The van der Waals surface area contributed by atoms with Gasteiger partial charge in [-0.15, -0.1) is 0 Å². The SMILES string of the molecule is COC(=O)c1cc2cc(N)cnc2[nH]1.COC(=O)c1cc2cc(NCc3cccc(C(=O)Nc4ccccc4)c3)cnc2[nH]1. The number of esters is 2. The van der Waals surface area contributed by atoms with Crippen LogP contribution in [0.25, 0.3) is 22.1 Å². The average molecular weight is 592 g/mol. The molecule has 1 amide bonds. The Morgan fingerprint density at radius 3 is 2.05 bits per heavy atom. The van der Waals surface area contributed by atoms with Crippen molar-refractivity contribution in [1.82, 2.24) is 19.9 Å². The number of anilines is 3. The molecule has 0 aliphatic heterocycles. The van der Waals surface area contributed by atoms with Gasteiger partial charge in [-0.2, -0.15) is 0 Å². The number of rotatable bonds is 7. The van der Waals surface area contributed by atoms with E-state index >= 15 is 0 Å². The maximum atomic E-state index is 12.5. The number of nitrogens with two attached hydrogens (primary N) is 1. The molecule has 6 N–H and O–H groups in total. The van der Waals surface area contributed by atoms with E-state index < -0.39 is 11.9 Å². The molecule has 0 bridgehead atoms. The number of fused-ring (bicyclic) bond motifs is 2. The number of aromatic amines is 2. The van der Waals surface area contributed by atoms with Crippen molar-refractivity contribution in [1.29, 1.82) is 0 Å². The monoisotopic (exact) mass is 591 g/mol. The summed E-state index contributed by atoms with van der Waals surface area (Å²) in [7, 11) is 2.66. The van der Waals surface area contributed by atoms with Gasteiger partial charge >= 0.3 is 11.9 Å². The summed E-state index contributed by atoms with van der Waals surface area (Å²) in [5.41, 5.74) is 11.2. The Morgan fingerprint density at radius 2 is 1.39 bits per heavy atom. The van der Waals surface area contributed by atoms with Crippen molar-refractivity contribution in [3.8, 4) is 0 Å². The molecule has 222 valence electrons. The molecule has 0 fully saturated rings. The third-order valence-electron chi connectivity index (χ3n) is 6.49. The lowest BCUT2D eigenvalue weighted by Gasteiger charge is -2.09. The zero-order chi connectivity index (χ0) is 31.1. The predicted molar refractivity (Wildman–Crippen MR) is 167 cm³/mol. The highest BCUT2D eigenvalue weighted by molar-refractivity contribution is 6.04. The first kappa shape index (κ1) is 29.3. The van der Waals surface area contributed by atoms with Crippen molar-refractivity contribution in [2.45, 2.75) is 6.54 Å². The Morgan fingerprint density at radius 1 is 0.750 bits per heavy atom. The molecule has 6 aromatic rings. The van der Waals surface area contributed by atoms with Crippen LogP contribution >= 0.6 is 0 Å². The van der Waals surface area contributed by atoms with Gasteiger partial charge < -0.3 is 35.8 Å². The molecule has 6 rings (SSSR count). The number of carbonyl (C=O) groups is 3. The van der Waals surface area contributed by atoms with Crippen LogP contribution < -0.4 is 16.4 Å². The lowest BCUT2D eigenvalue weighted by atomic mass is 10.1. The molecule has 0 aliphatic rings. The van der Waals surface area contributed by atoms with Gasteiger partial charge in [-0.1, -0.05) is 30.3 Å². The van der Waals surface area contributed by atoms with E-state index in [2.05, 4.69) is 35.3 Å². The standard InChI is InChI=1S/C23H20N4O3.C9H9N3O2/c1-30-23(29)20-12-17-11-19(14-25-21(17)27-20)24-13-15-6-5-7-16(10-15)22(28)26-18-8-3-2-4-9-18;1-14-9(13)7-3-5-2-6(10)4-11-8(5)12-7/h2-12,14,24H,13H2,1H3,(H,25,27)(H,26,28);2-4H,10H2,1H3,(H,11,12). The summed E-state index contributed by atoms with van der Waals surface area (Å²) in [6.07, 6.45) is 3.21. The van der Waals surface area contributed by atoms with Gasteiger partial charge in [0.1, 0.15) is 22.7 Å². The molecule has 0 unspecified atom stereocenters. The molecule has 0 aliphatic carbocycles. The summed E-state index contributed by atoms with van der Waals surface area (Å²) < 4.78 is 9.29. The highest BCUT2D eigenvalue weighted by Gasteiger charge is 2.12. The first-order valence-corrected chi connectivity index (χ1v) is 13.4. The van der Waals surface area contributed by atoms with E-state index in [0.29, 0.717) is 40.5 Å². The van der Waals surface area contributed by atoms with Crippen LogP contribution in [0, 0.1) is 0 Å². The molecular weight excluding hydrogens is 562 g/mol. The molecule has 0 atom stereocenters. The number of ether oxygens (including phenoxy) is 2. The average Bonchev–Trinajstić information content (AvgIpc) is 3.68. The second-order valence-electron chi connectivity index (χ2n) is 9.59. The largest absolute Gasteiger partial charge is 0.464 e. The number of hydrogen-bond donors (Lipinski definition) is 5. The maximum Gasteiger partial charge on any atom is 0.354 e. The third-order valence-corrected chi connectivity index (χ3v) is 6.49. The molecule has 12 nitrogen and oxygen atoms in total. The number of methoxy groups -OCH3 is 2. The minimum Gasteiger partial charge on any atom is -0.464 e. The number of hydrogen-bond acceptors (Lipinski definition) is 9. The van der Waals surface area contributed by atoms with Crippen molar-refractivity contribution in [3.63, 3.8) is 0 Å². The van der Waals surface area contributed by atoms with Gasteiger partial charge in [-0.25, -0.2) is 19.6 Å². The minimum atomic E-state index is -0.437. The molecule has 0 saturated heterocycles. The number of H-pyrrole nitrogens is 2. The summed E-state index contributed by atoms with van der Waals surface area (Å²) >= 11 is 0. The number of para-hydroxylation sites is 1. The highest BCUT2D eigenvalue weighted by Crippen LogP contribution is 2.20. The quantitative estimate of drug-likeness (QED) is 0.157. The van der Waals surface area contributed by atoms with Gasteiger partial charge in [-0.3, -0.25) is 4.79 Å². The van der Waals surface area contributed by atoms with Crippen molar-refractivity contribution < 1.29 is 23.9 Å². The summed E-state index contributed by atoms with van der Waals surface area (Å²) in [5.74, 6) is -1.01. The first-order valence-electron chi connectivity index (χ1n) is 13.4. The normalized spacial score (nSPS) is 10.5. The van der Waals surface area contributed by atoms with E-state index in [0.717, 1.165) is 27.7 Å². The summed E-state index contributed by atoms with van der Waals surface area (Å²) in [6.45, 7) is 0.522. The first-order chi connectivity index (χ1) is 21.3. The number of nitrogens with zero attached hydrogens (tertiary/aromatic N) is 2. The van der Waals surface area contributed by atoms with Crippen LogP contribution in [0.3, 0.4) is 0 Å². The molecular formula is C32H29N7O5. The fourth-order valence-corrected chi connectivity index (χ4v) is 4.34. The number of carbonyl (C=O) groups excluding carboxylic acids is 3. The number of nitrogen functional groups attached to an aromatic ring is 1. The molecule has 12 heteroatoms. The number of amides is 1. The summed E-state index contributed by atoms with van der Waals surface area (Å²) in [6, 6.07) is 23.8. The van der Waals surface area contributed by atoms with E-state index in [1.54, 1.807) is 30.5 Å².